The van der Waals surface area contributed by atoms with Crippen molar-refractivity contribution in [2.45, 2.75) is 19.6 Å². The standard InChI is InChI=1S/C18H17Cl2N3/c19-16-5-1-14(2-6-16)11-23(13-18-21-9-10-22-18)12-15-3-7-17(20)8-4-15/h1-10H,11-13H2,(H,21,22). The number of halogens is 2. The number of hydrogen-bond donors (Lipinski definition) is 1. The van der Waals surface area contributed by atoms with Crippen LogP contribution >= 0.6 is 23.2 Å². The molecule has 0 amide bonds. The van der Waals surface area contributed by atoms with Gasteiger partial charge in [-0.2, -0.15) is 0 Å². The minimum Gasteiger partial charge on any atom is -0.348 e. The van der Waals surface area contributed by atoms with Crippen molar-refractivity contribution in [2.75, 3.05) is 0 Å². The molecule has 1 heterocycles. The van der Waals surface area contributed by atoms with E-state index in [1.54, 1.807) is 6.20 Å². The predicted molar refractivity (Wildman–Crippen MR) is 94.4 cm³/mol. The van der Waals surface area contributed by atoms with E-state index < -0.39 is 0 Å². The average molecular weight is 346 g/mol. The molecule has 0 aliphatic rings. The summed E-state index contributed by atoms with van der Waals surface area (Å²) in [5.41, 5.74) is 2.44. The quantitative estimate of drug-likeness (QED) is 0.687. The lowest BCUT2D eigenvalue weighted by molar-refractivity contribution is 0.242. The third-order valence-electron chi connectivity index (χ3n) is 3.57. The van der Waals surface area contributed by atoms with Gasteiger partial charge in [0.15, 0.2) is 0 Å². The van der Waals surface area contributed by atoms with Gasteiger partial charge in [-0.1, -0.05) is 47.5 Å². The van der Waals surface area contributed by atoms with Gasteiger partial charge in [0, 0.05) is 35.5 Å². The molecule has 118 valence electrons. The number of rotatable bonds is 6. The molecule has 0 spiro atoms. The molecule has 1 aromatic heterocycles. The van der Waals surface area contributed by atoms with Gasteiger partial charge in [0.25, 0.3) is 0 Å². The van der Waals surface area contributed by atoms with Crippen LogP contribution in [0.3, 0.4) is 0 Å². The van der Waals surface area contributed by atoms with Crippen molar-refractivity contribution >= 4 is 23.2 Å². The van der Waals surface area contributed by atoms with Crippen LogP contribution in [0.25, 0.3) is 0 Å². The molecule has 1 N–H and O–H groups in total. The summed E-state index contributed by atoms with van der Waals surface area (Å²) in [7, 11) is 0. The topological polar surface area (TPSA) is 31.9 Å². The molecular weight excluding hydrogens is 329 g/mol. The first-order valence-electron chi connectivity index (χ1n) is 7.38. The van der Waals surface area contributed by atoms with Gasteiger partial charge in [0.2, 0.25) is 0 Å². The summed E-state index contributed by atoms with van der Waals surface area (Å²) in [6, 6.07) is 15.9. The summed E-state index contributed by atoms with van der Waals surface area (Å²) in [6.07, 6.45) is 3.62. The predicted octanol–water partition coefficient (Wildman–Crippen LogP) is 4.92. The van der Waals surface area contributed by atoms with Crippen LogP contribution in [-0.2, 0) is 19.6 Å². The van der Waals surface area contributed by atoms with Crippen LogP contribution in [0.2, 0.25) is 10.0 Å². The van der Waals surface area contributed by atoms with E-state index in [9.17, 15) is 0 Å². The highest BCUT2D eigenvalue weighted by molar-refractivity contribution is 6.30. The molecule has 0 aliphatic carbocycles. The van der Waals surface area contributed by atoms with Gasteiger partial charge in [-0.05, 0) is 35.4 Å². The molecule has 3 aromatic rings. The van der Waals surface area contributed by atoms with E-state index in [1.807, 2.05) is 30.5 Å². The Balaban J connectivity index is 1.75. The van der Waals surface area contributed by atoms with Crippen LogP contribution < -0.4 is 0 Å². The number of aromatic nitrogens is 2. The maximum absolute atomic E-state index is 5.97. The van der Waals surface area contributed by atoms with Gasteiger partial charge in [-0.25, -0.2) is 4.98 Å². The molecule has 23 heavy (non-hydrogen) atoms. The Kier molecular flexibility index (Phi) is 5.34. The van der Waals surface area contributed by atoms with E-state index in [2.05, 4.69) is 39.1 Å². The molecule has 0 saturated heterocycles. The summed E-state index contributed by atoms with van der Waals surface area (Å²) in [5, 5.41) is 1.51. The van der Waals surface area contributed by atoms with Crippen molar-refractivity contribution in [1.29, 1.82) is 0 Å². The number of H-pyrrole nitrogens is 1. The van der Waals surface area contributed by atoms with E-state index in [0.717, 1.165) is 35.5 Å². The van der Waals surface area contributed by atoms with Crippen molar-refractivity contribution in [3.8, 4) is 0 Å². The molecule has 5 heteroatoms. The highest BCUT2D eigenvalue weighted by Crippen LogP contribution is 2.16. The first kappa shape index (κ1) is 16.1. The van der Waals surface area contributed by atoms with Crippen molar-refractivity contribution in [2.24, 2.45) is 0 Å². The van der Waals surface area contributed by atoms with Gasteiger partial charge < -0.3 is 4.98 Å². The van der Waals surface area contributed by atoms with Crippen LogP contribution in [0, 0.1) is 0 Å². The second kappa shape index (κ2) is 7.64. The maximum atomic E-state index is 5.97. The summed E-state index contributed by atoms with van der Waals surface area (Å²) >= 11 is 11.9. The molecule has 0 bridgehead atoms. The Hall–Kier alpha value is -1.81. The summed E-state index contributed by atoms with van der Waals surface area (Å²) in [6.45, 7) is 2.39. The molecule has 0 radical (unpaired) electrons. The second-order valence-corrected chi connectivity index (χ2v) is 6.31. The molecule has 0 unspecified atom stereocenters. The number of nitrogens with one attached hydrogen (secondary N) is 1. The van der Waals surface area contributed by atoms with Gasteiger partial charge in [0.1, 0.15) is 5.82 Å². The van der Waals surface area contributed by atoms with Crippen LogP contribution in [0.4, 0.5) is 0 Å². The fourth-order valence-electron chi connectivity index (χ4n) is 2.46. The number of hydrogen-bond acceptors (Lipinski definition) is 2. The molecule has 2 aromatic carbocycles. The highest BCUT2D eigenvalue weighted by Gasteiger charge is 2.10. The summed E-state index contributed by atoms with van der Waals surface area (Å²) in [5.74, 6) is 0.952. The van der Waals surface area contributed by atoms with Crippen LogP contribution in [0.15, 0.2) is 60.9 Å². The van der Waals surface area contributed by atoms with E-state index in [4.69, 9.17) is 23.2 Å². The molecule has 0 fully saturated rings. The number of imidazole rings is 1. The first-order chi connectivity index (χ1) is 11.2. The second-order valence-electron chi connectivity index (χ2n) is 5.43. The molecule has 3 nitrogen and oxygen atoms in total. The van der Waals surface area contributed by atoms with Gasteiger partial charge in [-0.3, -0.25) is 4.90 Å². The van der Waals surface area contributed by atoms with E-state index in [0.29, 0.717) is 0 Å². The Morgan fingerprint density at radius 1 is 0.783 bits per heavy atom. The molecule has 0 aliphatic heterocycles. The van der Waals surface area contributed by atoms with Crippen molar-refractivity contribution in [1.82, 2.24) is 14.9 Å². The average Bonchev–Trinajstić information content (AvgIpc) is 3.05. The van der Waals surface area contributed by atoms with Crippen molar-refractivity contribution in [3.63, 3.8) is 0 Å². The third kappa shape index (κ3) is 4.83. The minimum atomic E-state index is 0.748. The zero-order valence-corrected chi connectivity index (χ0v) is 14.1. The van der Waals surface area contributed by atoms with Gasteiger partial charge in [0.05, 0.1) is 6.54 Å². The van der Waals surface area contributed by atoms with Crippen molar-refractivity contribution < 1.29 is 0 Å². The van der Waals surface area contributed by atoms with Gasteiger partial charge >= 0.3 is 0 Å². The molecule has 3 rings (SSSR count). The van der Waals surface area contributed by atoms with E-state index in [1.165, 1.54) is 11.1 Å². The monoisotopic (exact) mass is 345 g/mol. The minimum absolute atomic E-state index is 0.748. The SMILES string of the molecule is Clc1ccc(CN(Cc2ccc(Cl)cc2)Cc2ncc[nH]2)cc1. The summed E-state index contributed by atoms with van der Waals surface area (Å²) < 4.78 is 0. The van der Waals surface area contributed by atoms with Crippen molar-refractivity contribution in [3.05, 3.63) is 87.9 Å². The molecular formula is C18H17Cl2N3. The van der Waals surface area contributed by atoms with Gasteiger partial charge in [-0.15, -0.1) is 0 Å². The van der Waals surface area contributed by atoms with E-state index in [-0.39, 0.29) is 0 Å². The van der Waals surface area contributed by atoms with E-state index >= 15 is 0 Å². The number of benzene rings is 2. The largest absolute Gasteiger partial charge is 0.348 e. The Bertz CT molecular complexity index is 674. The molecule has 0 atom stereocenters. The van der Waals surface area contributed by atoms with Crippen LogP contribution in [0.1, 0.15) is 17.0 Å². The summed E-state index contributed by atoms with van der Waals surface area (Å²) in [4.78, 5) is 9.82. The zero-order chi connectivity index (χ0) is 16.1. The smallest absolute Gasteiger partial charge is 0.120 e. The Morgan fingerprint density at radius 3 is 1.74 bits per heavy atom. The highest BCUT2D eigenvalue weighted by atomic mass is 35.5. The zero-order valence-electron chi connectivity index (χ0n) is 12.5. The van der Waals surface area contributed by atoms with Crippen LogP contribution in [-0.4, -0.2) is 14.9 Å². The maximum Gasteiger partial charge on any atom is 0.120 e. The third-order valence-corrected chi connectivity index (χ3v) is 4.07. The Labute approximate surface area is 145 Å². The lowest BCUT2D eigenvalue weighted by Crippen LogP contribution is -2.23. The molecule has 0 saturated carbocycles. The van der Waals surface area contributed by atoms with Crippen LogP contribution in [0.5, 0.6) is 0 Å². The first-order valence-corrected chi connectivity index (χ1v) is 8.14. The lowest BCUT2D eigenvalue weighted by atomic mass is 10.1. The number of aromatic amines is 1. The lowest BCUT2D eigenvalue weighted by Gasteiger charge is -2.21. The fraction of sp³-hybridized carbons (Fsp3) is 0.167. The normalized spacial score (nSPS) is 11.1. The fourth-order valence-corrected chi connectivity index (χ4v) is 2.71. The number of nitrogens with zero attached hydrogens (tertiary/aromatic N) is 2. The Morgan fingerprint density at radius 2 is 1.30 bits per heavy atom.